The van der Waals surface area contributed by atoms with Gasteiger partial charge in [-0.3, -0.25) is 0 Å². The Hall–Kier alpha value is -2.88. The van der Waals surface area contributed by atoms with Gasteiger partial charge in [0.05, 0.1) is 12.1 Å². The van der Waals surface area contributed by atoms with Crippen molar-refractivity contribution in [2.45, 2.75) is 25.2 Å². The topological polar surface area (TPSA) is 64.7 Å². The summed E-state index contributed by atoms with van der Waals surface area (Å²) >= 11 is 5.97. The molecule has 2 rings (SSSR count). The van der Waals surface area contributed by atoms with Crippen LogP contribution in [0.15, 0.2) is 67.3 Å². The van der Waals surface area contributed by atoms with Crippen LogP contribution in [-0.2, 0) is 4.79 Å². The van der Waals surface area contributed by atoms with Gasteiger partial charge in [-0.15, -0.1) is 6.58 Å². The minimum atomic E-state index is -1.47. The van der Waals surface area contributed by atoms with E-state index in [9.17, 15) is 15.3 Å². The van der Waals surface area contributed by atoms with E-state index in [-0.39, 0.29) is 12.2 Å². The summed E-state index contributed by atoms with van der Waals surface area (Å²) in [5, 5.41) is 20.7. The van der Waals surface area contributed by atoms with Crippen molar-refractivity contribution in [2.75, 3.05) is 0 Å². The highest BCUT2D eigenvalue weighted by Gasteiger charge is 2.47. The van der Waals surface area contributed by atoms with Gasteiger partial charge in [-0.25, -0.2) is 0 Å². The fourth-order valence-corrected chi connectivity index (χ4v) is 3.43. The first-order valence-electron chi connectivity index (χ1n) is 8.23. The maximum absolute atomic E-state index is 11.9. The van der Waals surface area contributed by atoms with Crippen LogP contribution >= 0.6 is 11.6 Å². The summed E-state index contributed by atoms with van der Waals surface area (Å²) in [6.07, 6.45) is 1.70. The van der Waals surface area contributed by atoms with Crippen molar-refractivity contribution in [3.63, 3.8) is 0 Å². The van der Waals surface area contributed by atoms with Crippen molar-refractivity contribution in [3.05, 3.63) is 83.4 Å². The molecule has 0 amide bonds. The van der Waals surface area contributed by atoms with Crippen LogP contribution in [0.25, 0.3) is 0 Å². The van der Waals surface area contributed by atoms with Crippen LogP contribution in [0.4, 0.5) is 0 Å². The monoisotopic (exact) mass is 362 g/mol. The minimum Gasteiger partial charge on any atom is -0.300 e. The fourth-order valence-electron chi connectivity index (χ4n) is 3.31. The lowest BCUT2D eigenvalue weighted by Crippen LogP contribution is -2.33. The molecule has 2 unspecified atom stereocenters. The van der Waals surface area contributed by atoms with E-state index >= 15 is 0 Å². The Morgan fingerprint density at radius 3 is 2.15 bits per heavy atom. The molecular formula is C22H19ClN2O. The first-order chi connectivity index (χ1) is 12.5. The van der Waals surface area contributed by atoms with E-state index in [0.29, 0.717) is 5.02 Å². The maximum atomic E-state index is 11.9. The molecule has 0 aliphatic heterocycles. The number of halogens is 1. The zero-order valence-corrected chi connectivity index (χ0v) is 15.3. The van der Waals surface area contributed by atoms with Gasteiger partial charge >= 0.3 is 0 Å². The summed E-state index contributed by atoms with van der Waals surface area (Å²) in [4.78, 5) is 11.9. The molecule has 2 atom stereocenters. The maximum Gasteiger partial charge on any atom is 0.161 e. The van der Waals surface area contributed by atoms with Crippen molar-refractivity contribution in [1.82, 2.24) is 0 Å². The first-order valence-corrected chi connectivity index (χ1v) is 8.61. The molecule has 4 heteroatoms. The predicted molar refractivity (Wildman–Crippen MR) is 103 cm³/mol. The molecule has 0 fully saturated rings. The molecule has 2 aromatic rings. The lowest BCUT2D eigenvalue weighted by atomic mass is 9.62. The first kappa shape index (κ1) is 19.4. The number of Topliss-reactive ketones (excluding diaryl/α,β-unsaturated/α-hetero) is 1. The van der Waals surface area contributed by atoms with Crippen LogP contribution in [0.3, 0.4) is 0 Å². The van der Waals surface area contributed by atoms with E-state index in [1.54, 1.807) is 30.3 Å². The summed E-state index contributed by atoms with van der Waals surface area (Å²) in [6, 6.07) is 20.7. The molecule has 0 N–H and O–H groups in total. The molecule has 3 nitrogen and oxygen atoms in total. The van der Waals surface area contributed by atoms with Crippen molar-refractivity contribution < 1.29 is 4.79 Å². The molecule has 0 aromatic heterocycles. The zero-order valence-electron chi connectivity index (χ0n) is 14.5. The fraction of sp³-hybridized carbons (Fsp3) is 0.227. The summed E-state index contributed by atoms with van der Waals surface area (Å²) < 4.78 is 0. The highest BCUT2D eigenvalue weighted by Crippen LogP contribution is 2.48. The third-order valence-corrected chi connectivity index (χ3v) is 4.82. The Labute approximate surface area is 159 Å². The Bertz CT molecular complexity index is 846. The largest absolute Gasteiger partial charge is 0.300 e. The van der Waals surface area contributed by atoms with Crippen LogP contribution in [-0.4, -0.2) is 5.78 Å². The van der Waals surface area contributed by atoms with E-state index in [2.05, 4.69) is 18.7 Å². The third kappa shape index (κ3) is 3.85. The molecule has 0 saturated carbocycles. The molecule has 0 radical (unpaired) electrons. The van der Waals surface area contributed by atoms with E-state index in [4.69, 9.17) is 11.6 Å². The number of nitrogens with zero attached hydrogens (tertiary/aromatic N) is 2. The van der Waals surface area contributed by atoms with Gasteiger partial charge in [-0.2, -0.15) is 10.5 Å². The van der Waals surface area contributed by atoms with Gasteiger partial charge in [0, 0.05) is 23.3 Å². The number of carbonyl (C=O) groups is 1. The molecule has 0 saturated heterocycles. The molecule has 26 heavy (non-hydrogen) atoms. The van der Waals surface area contributed by atoms with Crippen molar-refractivity contribution in [3.8, 4) is 12.1 Å². The number of benzene rings is 2. The number of nitriles is 2. The number of hydrogen-bond donors (Lipinski definition) is 0. The van der Waals surface area contributed by atoms with Crippen LogP contribution in [0.2, 0.25) is 5.02 Å². The molecule has 0 bridgehead atoms. The normalized spacial score (nSPS) is 13.1. The van der Waals surface area contributed by atoms with Gasteiger partial charge in [0.2, 0.25) is 0 Å². The highest BCUT2D eigenvalue weighted by molar-refractivity contribution is 6.30. The summed E-state index contributed by atoms with van der Waals surface area (Å²) in [7, 11) is 0. The van der Waals surface area contributed by atoms with Gasteiger partial charge in [0.25, 0.3) is 0 Å². The van der Waals surface area contributed by atoms with Crippen LogP contribution in [0.5, 0.6) is 0 Å². The van der Waals surface area contributed by atoms with E-state index in [1.807, 2.05) is 30.3 Å². The molecule has 0 aliphatic carbocycles. The van der Waals surface area contributed by atoms with Crippen LogP contribution < -0.4 is 0 Å². The van der Waals surface area contributed by atoms with Crippen LogP contribution in [0.1, 0.15) is 36.3 Å². The second kappa shape index (κ2) is 8.48. The lowest BCUT2D eigenvalue weighted by Gasteiger charge is -2.34. The molecule has 0 heterocycles. The SMILES string of the molecule is C=CC(c1ccc(Cl)cc1)C(C#N)(C#N)C(CC(C)=O)c1ccccc1. The number of hydrogen-bond acceptors (Lipinski definition) is 3. The second-order valence-electron chi connectivity index (χ2n) is 6.23. The summed E-state index contributed by atoms with van der Waals surface area (Å²) in [5.41, 5.74) is 0.0754. The highest BCUT2D eigenvalue weighted by atomic mass is 35.5. The van der Waals surface area contributed by atoms with Gasteiger partial charge in [0.1, 0.15) is 5.78 Å². The lowest BCUT2D eigenvalue weighted by molar-refractivity contribution is -0.117. The zero-order chi connectivity index (χ0) is 19.2. The van der Waals surface area contributed by atoms with Gasteiger partial charge < -0.3 is 4.79 Å². The number of rotatable bonds is 7. The summed E-state index contributed by atoms with van der Waals surface area (Å²) in [6.45, 7) is 5.33. The molecule has 2 aromatic carbocycles. The predicted octanol–water partition coefficient (Wildman–Crippen LogP) is 5.41. The Morgan fingerprint density at radius 1 is 1.12 bits per heavy atom. The van der Waals surface area contributed by atoms with Crippen molar-refractivity contribution in [1.29, 1.82) is 10.5 Å². The molecule has 0 spiro atoms. The van der Waals surface area contributed by atoms with E-state index in [1.165, 1.54) is 6.92 Å². The smallest absolute Gasteiger partial charge is 0.161 e. The quantitative estimate of drug-likeness (QED) is 0.619. The second-order valence-corrected chi connectivity index (χ2v) is 6.66. The number of ketones is 1. The molecule has 130 valence electrons. The van der Waals surface area contributed by atoms with Crippen LogP contribution in [0, 0.1) is 28.1 Å². The molecule has 0 aliphatic rings. The summed E-state index contributed by atoms with van der Waals surface area (Å²) in [5.74, 6) is -1.22. The van der Waals surface area contributed by atoms with Gasteiger partial charge in [0.15, 0.2) is 5.41 Å². The number of carbonyl (C=O) groups excluding carboxylic acids is 1. The molecular weight excluding hydrogens is 344 g/mol. The van der Waals surface area contributed by atoms with E-state index in [0.717, 1.165) is 11.1 Å². The number of allylic oxidation sites excluding steroid dienone is 1. The van der Waals surface area contributed by atoms with E-state index < -0.39 is 17.3 Å². The average molecular weight is 363 g/mol. The standard InChI is InChI=1S/C22H19ClN2O/c1-3-20(18-9-11-19(23)12-10-18)22(14-24,15-25)21(13-16(2)26)17-7-5-4-6-8-17/h3-12,20-21H,1,13H2,2H3. The average Bonchev–Trinajstić information content (AvgIpc) is 2.66. The minimum absolute atomic E-state index is 0.0763. The van der Waals surface area contributed by atoms with Crippen molar-refractivity contribution in [2.24, 2.45) is 5.41 Å². The third-order valence-electron chi connectivity index (χ3n) is 4.57. The van der Waals surface area contributed by atoms with Gasteiger partial charge in [-0.1, -0.05) is 60.1 Å². The van der Waals surface area contributed by atoms with Gasteiger partial charge in [-0.05, 0) is 30.2 Å². The Morgan fingerprint density at radius 2 is 1.69 bits per heavy atom. The Balaban J connectivity index is 2.66. The van der Waals surface area contributed by atoms with Crippen molar-refractivity contribution >= 4 is 17.4 Å². The Kier molecular flexibility index (Phi) is 6.34.